The zero-order valence-electron chi connectivity index (χ0n) is 13.3. The van der Waals surface area contributed by atoms with Crippen LogP contribution in [0.1, 0.15) is 42.9 Å². The lowest BCUT2D eigenvalue weighted by Gasteiger charge is -2.18. The summed E-state index contributed by atoms with van der Waals surface area (Å²) in [7, 11) is 0. The van der Waals surface area contributed by atoms with Gasteiger partial charge in [-0.15, -0.1) is 5.73 Å². The Balaban J connectivity index is 1.87. The second-order valence-electron chi connectivity index (χ2n) is 5.90. The molecule has 0 aromatic heterocycles. The molecule has 0 N–H and O–H groups in total. The average molecular weight is 289 g/mol. The van der Waals surface area contributed by atoms with Gasteiger partial charge in [0.2, 0.25) is 0 Å². The average Bonchev–Trinajstić information content (AvgIpc) is 2.93. The zero-order valence-corrected chi connectivity index (χ0v) is 13.3. The molecule has 2 aromatic rings. The van der Waals surface area contributed by atoms with Gasteiger partial charge in [0, 0.05) is 17.8 Å². The van der Waals surface area contributed by atoms with Gasteiger partial charge in [0.1, 0.15) is 0 Å². The van der Waals surface area contributed by atoms with Crippen molar-refractivity contribution >= 4 is 11.4 Å². The molecule has 0 saturated carbocycles. The SMILES string of the molecule is C=C=C1c2ccc(CCCCC)cc2CN1c1ccccc1. The highest BCUT2D eigenvalue weighted by Gasteiger charge is 2.24. The van der Waals surface area contributed by atoms with Crippen LogP contribution >= 0.6 is 0 Å². The molecule has 1 aliphatic rings. The molecule has 1 heterocycles. The summed E-state index contributed by atoms with van der Waals surface area (Å²) < 4.78 is 0. The number of unbranched alkanes of at least 4 members (excludes halogenated alkanes) is 2. The van der Waals surface area contributed by atoms with E-state index in [-0.39, 0.29) is 0 Å². The molecule has 0 amide bonds. The van der Waals surface area contributed by atoms with E-state index in [2.05, 4.69) is 72.7 Å². The molecule has 112 valence electrons. The van der Waals surface area contributed by atoms with Crippen molar-refractivity contribution < 1.29 is 0 Å². The highest BCUT2D eigenvalue weighted by atomic mass is 15.2. The maximum Gasteiger partial charge on any atom is 0.0918 e. The van der Waals surface area contributed by atoms with Crippen LogP contribution in [-0.2, 0) is 13.0 Å². The standard InChI is InChI=1S/C21H23N/c1-3-5-7-10-17-13-14-20-18(15-17)16-22(21(20)4-2)19-11-8-6-9-12-19/h6,8-9,11-15H,2-3,5,7,10,16H2,1H3. The maximum atomic E-state index is 3.90. The van der Waals surface area contributed by atoms with Crippen molar-refractivity contribution in [3.8, 4) is 0 Å². The van der Waals surface area contributed by atoms with Gasteiger partial charge in [0.05, 0.1) is 5.70 Å². The third-order valence-corrected chi connectivity index (χ3v) is 4.33. The van der Waals surface area contributed by atoms with Crippen LogP contribution in [0.4, 0.5) is 5.69 Å². The monoisotopic (exact) mass is 289 g/mol. The van der Waals surface area contributed by atoms with Gasteiger partial charge in [-0.2, -0.15) is 0 Å². The molecule has 0 saturated heterocycles. The molecule has 0 unspecified atom stereocenters. The Bertz CT molecular complexity index is 693. The van der Waals surface area contributed by atoms with Gasteiger partial charge in [0.15, 0.2) is 0 Å². The minimum atomic E-state index is 0.915. The van der Waals surface area contributed by atoms with Gasteiger partial charge in [-0.25, -0.2) is 0 Å². The van der Waals surface area contributed by atoms with Gasteiger partial charge in [-0.3, -0.25) is 0 Å². The Morgan fingerprint density at radius 2 is 1.91 bits per heavy atom. The molecule has 3 rings (SSSR count). The molecule has 0 spiro atoms. The van der Waals surface area contributed by atoms with Gasteiger partial charge >= 0.3 is 0 Å². The van der Waals surface area contributed by atoms with E-state index in [1.165, 1.54) is 48.1 Å². The number of aryl methyl sites for hydroxylation is 1. The molecule has 1 heteroatoms. The fourth-order valence-corrected chi connectivity index (χ4v) is 3.16. The van der Waals surface area contributed by atoms with Crippen LogP contribution < -0.4 is 4.90 Å². The summed E-state index contributed by atoms with van der Waals surface area (Å²) in [6.45, 7) is 7.06. The second kappa shape index (κ2) is 6.68. The lowest BCUT2D eigenvalue weighted by molar-refractivity contribution is 0.717. The number of fused-ring (bicyclic) bond motifs is 1. The van der Waals surface area contributed by atoms with Crippen LogP contribution in [-0.4, -0.2) is 0 Å². The third kappa shape index (κ3) is 2.86. The Morgan fingerprint density at radius 1 is 1.09 bits per heavy atom. The summed E-state index contributed by atoms with van der Waals surface area (Å²) in [6, 6.07) is 17.4. The van der Waals surface area contributed by atoms with Crippen LogP contribution in [0.2, 0.25) is 0 Å². The van der Waals surface area contributed by atoms with Crippen molar-refractivity contribution in [2.24, 2.45) is 0 Å². The molecular formula is C21H23N. The fraction of sp³-hybridized carbons (Fsp3) is 0.286. The summed E-state index contributed by atoms with van der Waals surface area (Å²) in [4.78, 5) is 2.30. The van der Waals surface area contributed by atoms with Gasteiger partial charge in [-0.05, 0) is 36.1 Å². The van der Waals surface area contributed by atoms with Crippen molar-refractivity contribution in [1.82, 2.24) is 0 Å². The Hall–Kier alpha value is -2.24. The van der Waals surface area contributed by atoms with Crippen LogP contribution in [0, 0.1) is 0 Å². The first kappa shape index (κ1) is 14.7. The highest BCUT2D eigenvalue weighted by molar-refractivity contribution is 5.84. The first-order valence-electron chi connectivity index (χ1n) is 8.18. The summed E-state index contributed by atoms with van der Waals surface area (Å²) >= 11 is 0. The van der Waals surface area contributed by atoms with Crippen LogP contribution in [0.25, 0.3) is 5.70 Å². The molecule has 1 nitrogen and oxygen atoms in total. The lowest BCUT2D eigenvalue weighted by atomic mass is 10.0. The Morgan fingerprint density at radius 3 is 2.64 bits per heavy atom. The summed E-state index contributed by atoms with van der Waals surface area (Å²) in [5.74, 6) is 0. The molecule has 2 aromatic carbocycles. The van der Waals surface area contributed by atoms with E-state index in [4.69, 9.17) is 0 Å². The normalized spacial score (nSPS) is 13.1. The van der Waals surface area contributed by atoms with E-state index in [1.54, 1.807) is 0 Å². The maximum absolute atomic E-state index is 3.90. The van der Waals surface area contributed by atoms with E-state index in [0.29, 0.717) is 0 Å². The van der Waals surface area contributed by atoms with Crippen LogP contribution in [0.15, 0.2) is 60.8 Å². The number of nitrogens with zero attached hydrogens (tertiary/aromatic N) is 1. The van der Waals surface area contributed by atoms with Crippen molar-refractivity contribution in [2.75, 3.05) is 4.90 Å². The van der Waals surface area contributed by atoms with Gasteiger partial charge in [0.25, 0.3) is 0 Å². The lowest BCUT2D eigenvalue weighted by Crippen LogP contribution is -2.12. The van der Waals surface area contributed by atoms with Crippen molar-refractivity contribution in [3.05, 3.63) is 77.5 Å². The Kier molecular flexibility index (Phi) is 4.46. The summed E-state index contributed by atoms with van der Waals surface area (Å²) in [5, 5.41) is 0. The predicted molar refractivity (Wildman–Crippen MR) is 94.8 cm³/mol. The number of benzene rings is 2. The molecular weight excluding hydrogens is 266 g/mol. The quantitative estimate of drug-likeness (QED) is 0.514. The number of para-hydroxylation sites is 1. The van der Waals surface area contributed by atoms with Gasteiger partial charge in [-0.1, -0.05) is 62.7 Å². The molecule has 22 heavy (non-hydrogen) atoms. The Labute approximate surface area is 133 Å². The van der Waals surface area contributed by atoms with Crippen molar-refractivity contribution in [3.63, 3.8) is 0 Å². The summed E-state index contributed by atoms with van der Waals surface area (Å²) in [6.07, 6.45) is 5.04. The first-order chi connectivity index (χ1) is 10.8. The molecule has 0 bridgehead atoms. The fourth-order valence-electron chi connectivity index (χ4n) is 3.16. The molecule has 0 fully saturated rings. The smallest absolute Gasteiger partial charge is 0.0918 e. The van der Waals surface area contributed by atoms with E-state index in [1.807, 2.05) is 0 Å². The van der Waals surface area contributed by atoms with Crippen LogP contribution in [0.3, 0.4) is 0 Å². The molecule has 0 atom stereocenters. The van der Waals surface area contributed by atoms with E-state index >= 15 is 0 Å². The van der Waals surface area contributed by atoms with E-state index in [0.717, 1.165) is 12.2 Å². The van der Waals surface area contributed by atoms with Crippen molar-refractivity contribution in [1.29, 1.82) is 0 Å². The highest BCUT2D eigenvalue weighted by Crippen LogP contribution is 2.36. The zero-order chi connectivity index (χ0) is 15.4. The predicted octanol–water partition coefficient (Wildman–Crippen LogP) is 5.57. The topological polar surface area (TPSA) is 3.24 Å². The summed E-state index contributed by atoms with van der Waals surface area (Å²) in [5.41, 5.74) is 9.56. The van der Waals surface area contributed by atoms with Crippen LogP contribution in [0.5, 0.6) is 0 Å². The van der Waals surface area contributed by atoms with E-state index in [9.17, 15) is 0 Å². The third-order valence-electron chi connectivity index (χ3n) is 4.33. The molecule has 0 aliphatic carbocycles. The second-order valence-corrected chi connectivity index (χ2v) is 5.90. The minimum absolute atomic E-state index is 0.915. The molecule has 1 aliphatic heterocycles. The number of hydrogen-bond donors (Lipinski definition) is 0. The van der Waals surface area contributed by atoms with Gasteiger partial charge < -0.3 is 4.90 Å². The molecule has 0 radical (unpaired) electrons. The first-order valence-corrected chi connectivity index (χ1v) is 8.18. The van der Waals surface area contributed by atoms with Crippen molar-refractivity contribution in [2.45, 2.75) is 39.2 Å². The number of hydrogen-bond acceptors (Lipinski definition) is 1. The number of anilines is 1. The minimum Gasteiger partial charge on any atom is -0.330 e. The largest absolute Gasteiger partial charge is 0.330 e. The van der Waals surface area contributed by atoms with E-state index < -0.39 is 0 Å². The number of rotatable bonds is 5.